The van der Waals surface area contributed by atoms with Gasteiger partial charge in [0.05, 0.1) is 19.3 Å². The number of nitrogens with zero attached hydrogens (tertiary/aromatic N) is 1. The highest BCUT2D eigenvalue weighted by Gasteiger charge is 2.53. The summed E-state index contributed by atoms with van der Waals surface area (Å²) in [6, 6.07) is 0.557. The Kier molecular flexibility index (Phi) is 3.70. The van der Waals surface area contributed by atoms with Gasteiger partial charge in [-0.05, 0) is 56.3 Å². The van der Waals surface area contributed by atoms with Gasteiger partial charge in [-0.1, -0.05) is 6.42 Å². The smallest absolute Gasteiger partial charge is 0.239 e. The van der Waals surface area contributed by atoms with E-state index < -0.39 is 0 Å². The largest absolute Gasteiger partial charge is 0.378 e. The van der Waals surface area contributed by atoms with E-state index >= 15 is 0 Å². The van der Waals surface area contributed by atoms with Crippen LogP contribution in [0.5, 0.6) is 0 Å². The van der Waals surface area contributed by atoms with E-state index in [0.717, 1.165) is 36.8 Å². The molecule has 0 radical (unpaired) electrons. The molecule has 0 aromatic rings. The molecule has 3 aliphatic carbocycles. The topological polar surface area (TPSA) is 41.6 Å². The van der Waals surface area contributed by atoms with Crippen LogP contribution in [0.4, 0.5) is 0 Å². The van der Waals surface area contributed by atoms with Crippen LogP contribution in [0.1, 0.15) is 39.0 Å². The van der Waals surface area contributed by atoms with Gasteiger partial charge >= 0.3 is 0 Å². The van der Waals surface area contributed by atoms with Crippen LogP contribution in [0.3, 0.4) is 0 Å². The van der Waals surface area contributed by atoms with Gasteiger partial charge in [0.15, 0.2) is 0 Å². The molecule has 6 atom stereocenters. The Morgan fingerprint density at radius 2 is 1.90 bits per heavy atom. The van der Waals surface area contributed by atoms with Crippen molar-refractivity contribution in [3.05, 3.63) is 0 Å². The van der Waals surface area contributed by atoms with E-state index in [-0.39, 0.29) is 11.9 Å². The molecular formula is C17H28N2O2. The van der Waals surface area contributed by atoms with Crippen LogP contribution in [0.2, 0.25) is 0 Å². The molecule has 0 spiro atoms. The fourth-order valence-corrected chi connectivity index (χ4v) is 5.71. The lowest BCUT2D eigenvalue weighted by Crippen LogP contribution is -2.53. The summed E-state index contributed by atoms with van der Waals surface area (Å²) >= 11 is 0. The van der Waals surface area contributed by atoms with Crippen LogP contribution < -0.4 is 5.32 Å². The fraction of sp³-hybridized carbons (Fsp3) is 0.941. The molecule has 1 N–H and O–H groups in total. The van der Waals surface area contributed by atoms with E-state index in [0.29, 0.717) is 19.3 Å². The van der Waals surface area contributed by atoms with Crippen LogP contribution in [0.25, 0.3) is 0 Å². The lowest BCUT2D eigenvalue weighted by molar-refractivity contribution is -0.137. The Labute approximate surface area is 127 Å². The van der Waals surface area contributed by atoms with E-state index in [9.17, 15) is 4.79 Å². The molecular weight excluding hydrogens is 264 g/mol. The Balaban J connectivity index is 1.35. The number of nitrogens with one attached hydrogen (secondary N) is 1. The second kappa shape index (κ2) is 5.54. The van der Waals surface area contributed by atoms with Crippen molar-refractivity contribution in [1.82, 2.24) is 10.2 Å². The molecule has 1 aliphatic heterocycles. The van der Waals surface area contributed by atoms with Crippen molar-refractivity contribution in [3.8, 4) is 0 Å². The van der Waals surface area contributed by atoms with Crippen molar-refractivity contribution >= 4 is 5.91 Å². The molecule has 4 heteroatoms. The second-order valence-corrected chi connectivity index (χ2v) is 7.59. The Bertz CT molecular complexity index is 408. The maximum atomic E-state index is 12.5. The standard InChI is InChI=1S/C17H28N2O2/c1-11(17(20)19-5-7-21-8-6-19)18-16-10-12-9-15(16)14-4-2-3-13(12)14/h11-16,18H,2-10H2,1H3/t11-,12+,13+,14+,15-,16+/m0/s1. The molecule has 0 unspecified atom stereocenters. The van der Waals surface area contributed by atoms with E-state index in [1.165, 1.54) is 32.1 Å². The van der Waals surface area contributed by atoms with Gasteiger partial charge in [-0.3, -0.25) is 4.79 Å². The van der Waals surface area contributed by atoms with Crippen LogP contribution in [-0.2, 0) is 9.53 Å². The first-order valence-electron chi connectivity index (χ1n) is 8.86. The highest BCUT2D eigenvalue weighted by Crippen LogP contribution is 2.58. The zero-order valence-electron chi connectivity index (χ0n) is 13.1. The summed E-state index contributed by atoms with van der Waals surface area (Å²) < 4.78 is 5.34. The van der Waals surface area contributed by atoms with Crippen molar-refractivity contribution in [1.29, 1.82) is 0 Å². The van der Waals surface area contributed by atoms with Gasteiger partial charge in [-0.2, -0.15) is 0 Å². The summed E-state index contributed by atoms with van der Waals surface area (Å²) in [6.07, 6.45) is 7.09. The number of hydrogen-bond donors (Lipinski definition) is 1. The monoisotopic (exact) mass is 292 g/mol. The molecule has 4 rings (SSSR count). The molecule has 4 aliphatic rings. The quantitative estimate of drug-likeness (QED) is 0.860. The summed E-state index contributed by atoms with van der Waals surface area (Å²) in [5.74, 6) is 4.06. The molecule has 1 amide bonds. The summed E-state index contributed by atoms with van der Waals surface area (Å²) in [7, 11) is 0. The number of hydrogen-bond acceptors (Lipinski definition) is 3. The van der Waals surface area contributed by atoms with Crippen LogP contribution >= 0.6 is 0 Å². The van der Waals surface area contributed by atoms with Crippen LogP contribution in [0, 0.1) is 23.7 Å². The normalized spacial score (nSPS) is 43.1. The number of morpholine rings is 1. The third-order valence-corrected chi connectivity index (χ3v) is 6.59. The van der Waals surface area contributed by atoms with E-state index in [2.05, 4.69) is 12.2 Å². The van der Waals surface area contributed by atoms with Crippen molar-refractivity contribution < 1.29 is 9.53 Å². The van der Waals surface area contributed by atoms with Crippen molar-refractivity contribution in [2.24, 2.45) is 23.7 Å². The van der Waals surface area contributed by atoms with Gasteiger partial charge in [-0.15, -0.1) is 0 Å². The maximum Gasteiger partial charge on any atom is 0.239 e. The van der Waals surface area contributed by atoms with Gasteiger partial charge in [0.2, 0.25) is 5.91 Å². The Morgan fingerprint density at radius 1 is 1.14 bits per heavy atom. The molecule has 2 bridgehead atoms. The predicted molar refractivity (Wildman–Crippen MR) is 80.8 cm³/mol. The molecule has 21 heavy (non-hydrogen) atoms. The third-order valence-electron chi connectivity index (χ3n) is 6.59. The molecule has 4 nitrogen and oxygen atoms in total. The van der Waals surface area contributed by atoms with Gasteiger partial charge in [0.25, 0.3) is 0 Å². The number of carbonyl (C=O) groups excluding carboxylic acids is 1. The highest BCUT2D eigenvalue weighted by atomic mass is 16.5. The van der Waals surface area contributed by atoms with Gasteiger partial charge in [0, 0.05) is 19.1 Å². The van der Waals surface area contributed by atoms with Crippen LogP contribution in [0.15, 0.2) is 0 Å². The first kappa shape index (κ1) is 14.0. The highest BCUT2D eigenvalue weighted by molar-refractivity contribution is 5.81. The Hall–Kier alpha value is -0.610. The van der Waals surface area contributed by atoms with Gasteiger partial charge < -0.3 is 15.0 Å². The lowest BCUT2D eigenvalue weighted by Gasteiger charge is -2.35. The third kappa shape index (κ3) is 2.40. The summed E-state index contributed by atoms with van der Waals surface area (Å²) in [6.45, 7) is 4.95. The summed E-state index contributed by atoms with van der Waals surface area (Å²) in [5, 5.41) is 3.69. The molecule has 1 saturated heterocycles. The molecule has 4 fully saturated rings. The zero-order chi connectivity index (χ0) is 14.4. The zero-order valence-corrected chi connectivity index (χ0v) is 13.1. The molecule has 0 aromatic carbocycles. The summed E-state index contributed by atoms with van der Waals surface area (Å²) in [5.41, 5.74) is 0. The molecule has 118 valence electrons. The number of rotatable bonds is 3. The van der Waals surface area contributed by atoms with E-state index in [1.54, 1.807) is 0 Å². The minimum absolute atomic E-state index is 0.0349. The SMILES string of the molecule is C[C@H](N[C@@H]1C[C@H]2C[C@H]1[C@@H]1CCC[C@H]21)C(=O)N1CCOCC1. The second-order valence-electron chi connectivity index (χ2n) is 7.59. The molecule has 3 saturated carbocycles. The van der Waals surface area contributed by atoms with Crippen molar-refractivity contribution in [2.45, 2.75) is 51.1 Å². The lowest BCUT2D eigenvalue weighted by atomic mass is 9.79. The minimum Gasteiger partial charge on any atom is -0.378 e. The van der Waals surface area contributed by atoms with Gasteiger partial charge in [-0.25, -0.2) is 0 Å². The number of amides is 1. The molecule has 0 aromatic heterocycles. The van der Waals surface area contributed by atoms with Crippen molar-refractivity contribution in [3.63, 3.8) is 0 Å². The van der Waals surface area contributed by atoms with Crippen molar-refractivity contribution in [2.75, 3.05) is 26.3 Å². The van der Waals surface area contributed by atoms with E-state index in [4.69, 9.17) is 4.74 Å². The summed E-state index contributed by atoms with van der Waals surface area (Å²) in [4.78, 5) is 14.5. The Morgan fingerprint density at radius 3 is 2.71 bits per heavy atom. The molecule has 1 heterocycles. The number of fused-ring (bicyclic) bond motifs is 5. The average Bonchev–Trinajstić information content (AvgIpc) is 3.19. The van der Waals surface area contributed by atoms with Crippen LogP contribution in [-0.4, -0.2) is 49.2 Å². The minimum atomic E-state index is -0.0349. The first-order chi connectivity index (χ1) is 10.2. The number of carbonyl (C=O) groups is 1. The maximum absolute atomic E-state index is 12.5. The first-order valence-corrected chi connectivity index (χ1v) is 8.86. The van der Waals surface area contributed by atoms with Gasteiger partial charge in [0.1, 0.15) is 0 Å². The fourth-order valence-electron chi connectivity index (χ4n) is 5.71. The average molecular weight is 292 g/mol. The predicted octanol–water partition coefficient (Wildman–Crippen LogP) is 1.65. The number of ether oxygens (including phenoxy) is 1. The van der Waals surface area contributed by atoms with E-state index in [1.807, 2.05) is 4.90 Å².